The Balaban J connectivity index is 4.92. The summed E-state index contributed by atoms with van der Waals surface area (Å²) < 4.78 is 0. The summed E-state index contributed by atoms with van der Waals surface area (Å²) >= 11 is 0. The number of carbonyl (C=O) groups is 3. The van der Waals surface area contributed by atoms with Crippen LogP contribution < -0.4 is 10.6 Å². The SMILES string of the molecule is CCC(=O)NC(C(=O)NC(CC(C)C)C(=O)O)C(C)CC. The maximum Gasteiger partial charge on any atom is 0.326 e. The normalized spacial score (nSPS) is 15.1. The summed E-state index contributed by atoms with van der Waals surface area (Å²) in [5.41, 5.74) is 0. The molecule has 122 valence electrons. The monoisotopic (exact) mass is 300 g/mol. The van der Waals surface area contributed by atoms with Gasteiger partial charge in [0.15, 0.2) is 0 Å². The van der Waals surface area contributed by atoms with Crippen LogP contribution in [0.15, 0.2) is 0 Å². The molecule has 0 saturated carbocycles. The van der Waals surface area contributed by atoms with Gasteiger partial charge in [-0.15, -0.1) is 0 Å². The van der Waals surface area contributed by atoms with Crippen molar-refractivity contribution in [3.05, 3.63) is 0 Å². The highest BCUT2D eigenvalue weighted by atomic mass is 16.4. The number of aliphatic carboxylic acids is 1. The van der Waals surface area contributed by atoms with Gasteiger partial charge in [-0.1, -0.05) is 41.0 Å². The molecule has 3 N–H and O–H groups in total. The Bertz CT molecular complexity index is 369. The molecule has 0 aromatic heterocycles. The fourth-order valence-corrected chi connectivity index (χ4v) is 1.93. The zero-order valence-electron chi connectivity index (χ0n) is 13.6. The molecular weight excluding hydrogens is 272 g/mol. The van der Waals surface area contributed by atoms with E-state index in [0.717, 1.165) is 0 Å². The standard InChI is InChI=1S/C15H28N2O4/c1-6-10(5)13(17-12(18)7-2)14(19)16-11(15(20)21)8-9(3)4/h9-11,13H,6-8H2,1-5H3,(H,16,19)(H,17,18)(H,20,21). The number of carboxylic acid groups (broad SMARTS) is 1. The van der Waals surface area contributed by atoms with E-state index in [1.54, 1.807) is 6.92 Å². The molecule has 2 amide bonds. The second-order valence-corrected chi connectivity index (χ2v) is 5.81. The van der Waals surface area contributed by atoms with Crippen LogP contribution in [0.25, 0.3) is 0 Å². The van der Waals surface area contributed by atoms with Crippen LogP contribution in [0, 0.1) is 11.8 Å². The Morgan fingerprint density at radius 3 is 2.00 bits per heavy atom. The van der Waals surface area contributed by atoms with Crippen molar-refractivity contribution in [1.82, 2.24) is 10.6 Å². The molecule has 0 saturated heterocycles. The summed E-state index contributed by atoms with van der Waals surface area (Å²) in [5.74, 6) is -1.61. The third-order valence-electron chi connectivity index (χ3n) is 3.45. The summed E-state index contributed by atoms with van der Waals surface area (Å²) in [6.07, 6.45) is 1.36. The summed E-state index contributed by atoms with van der Waals surface area (Å²) in [6, 6.07) is -1.63. The van der Waals surface area contributed by atoms with Gasteiger partial charge >= 0.3 is 5.97 Å². The first-order valence-corrected chi connectivity index (χ1v) is 7.55. The van der Waals surface area contributed by atoms with Crippen LogP contribution in [0.1, 0.15) is 53.9 Å². The van der Waals surface area contributed by atoms with Crippen molar-refractivity contribution in [1.29, 1.82) is 0 Å². The predicted molar refractivity (Wildman–Crippen MR) is 80.7 cm³/mol. The molecule has 6 heteroatoms. The van der Waals surface area contributed by atoms with Crippen molar-refractivity contribution in [3.63, 3.8) is 0 Å². The van der Waals surface area contributed by atoms with Crippen molar-refractivity contribution in [2.75, 3.05) is 0 Å². The second-order valence-electron chi connectivity index (χ2n) is 5.81. The second kappa shape index (κ2) is 9.37. The average molecular weight is 300 g/mol. The minimum Gasteiger partial charge on any atom is -0.480 e. The lowest BCUT2D eigenvalue weighted by Gasteiger charge is -2.25. The molecule has 0 aliphatic carbocycles. The topological polar surface area (TPSA) is 95.5 Å². The van der Waals surface area contributed by atoms with Gasteiger partial charge in [0.1, 0.15) is 12.1 Å². The molecule has 0 heterocycles. The number of carbonyl (C=O) groups excluding carboxylic acids is 2. The van der Waals surface area contributed by atoms with E-state index < -0.39 is 24.0 Å². The molecule has 0 bridgehead atoms. The fourth-order valence-electron chi connectivity index (χ4n) is 1.93. The van der Waals surface area contributed by atoms with Crippen LogP contribution in [0.2, 0.25) is 0 Å². The summed E-state index contributed by atoms with van der Waals surface area (Å²) in [6.45, 7) is 9.28. The summed E-state index contributed by atoms with van der Waals surface area (Å²) in [7, 11) is 0. The first kappa shape index (κ1) is 19.4. The molecule has 0 aromatic rings. The molecule has 3 atom stereocenters. The molecule has 0 aliphatic heterocycles. The van der Waals surface area contributed by atoms with Gasteiger partial charge in [-0.25, -0.2) is 4.79 Å². The van der Waals surface area contributed by atoms with E-state index in [9.17, 15) is 19.5 Å². The third-order valence-corrected chi connectivity index (χ3v) is 3.45. The van der Waals surface area contributed by atoms with Crippen molar-refractivity contribution < 1.29 is 19.5 Å². The van der Waals surface area contributed by atoms with Crippen LogP contribution >= 0.6 is 0 Å². The first-order valence-electron chi connectivity index (χ1n) is 7.55. The zero-order valence-corrected chi connectivity index (χ0v) is 13.6. The predicted octanol–water partition coefficient (Wildman–Crippen LogP) is 1.54. The Kier molecular flexibility index (Phi) is 8.66. The van der Waals surface area contributed by atoms with Gasteiger partial charge in [-0.2, -0.15) is 0 Å². The molecule has 21 heavy (non-hydrogen) atoms. The van der Waals surface area contributed by atoms with Gasteiger partial charge in [0, 0.05) is 6.42 Å². The Labute approximate surface area is 126 Å². The van der Waals surface area contributed by atoms with E-state index in [0.29, 0.717) is 12.8 Å². The van der Waals surface area contributed by atoms with Crippen LogP contribution in [-0.4, -0.2) is 35.0 Å². The van der Waals surface area contributed by atoms with E-state index in [2.05, 4.69) is 10.6 Å². The van der Waals surface area contributed by atoms with Crippen LogP contribution in [0.5, 0.6) is 0 Å². The lowest BCUT2D eigenvalue weighted by Crippen LogP contribution is -2.54. The van der Waals surface area contributed by atoms with E-state index in [-0.39, 0.29) is 24.2 Å². The maximum atomic E-state index is 12.3. The van der Waals surface area contributed by atoms with Crippen molar-refractivity contribution in [3.8, 4) is 0 Å². The van der Waals surface area contributed by atoms with Gasteiger partial charge in [-0.05, 0) is 18.3 Å². The molecule has 0 spiro atoms. The van der Waals surface area contributed by atoms with Gasteiger partial charge in [0.25, 0.3) is 0 Å². The van der Waals surface area contributed by atoms with E-state index in [4.69, 9.17) is 0 Å². The molecule has 6 nitrogen and oxygen atoms in total. The highest BCUT2D eigenvalue weighted by Gasteiger charge is 2.29. The smallest absolute Gasteiger partial charge is 0.326 e. The summed E-state index contributed by atoms with van der Waals surface area (Å²) in [4.78, 5) is 35.0. The fraction of sp³-hybridized carbons (Fsp3) is 0.800. The third kappa shape index (κ3) is 7.11. The van der Waals surface area contributed by atoms with Gasteiger partial charge < -0.3 is 15.7 Å². The lowest BCUT2D eigenvalue weighted by atomic mass is 9.97. The number of carboxylic acids is 1. The molecule has 0 radical (unpaired) electrons. The highest BCUT2D eigenvalue weighted by Crippen LogP contribution is 2.10. The summed E-state index contributed by atoms with van der Waals surface area (Å²) in [5, 5.41) is 14.4. The average Bonchev–Trinajstić information content (AvgIpc) is 2.41. The number of hydrogen-bond acceptors (Lipinski definition) is 3. The number of rotatable bonds is 9. The molecule has 0 rings (SSSR count). The molecular formula is C15H28N2O4. The van der Waals surface area contributed by atoms with E-state index in [1.165, 1.54) is 0 Å². The number of amides is 2. The van der Waals surface area contributed by atoms with Crippen LogP contribution in [-0.2, 0) is 14.4 Å². The minimum absolute atomic E-state index is 0.0611. The molecule has 0 aliphatic rings. The Morgan fingerprint density at radius 1 is 1.05 bits per heavy atom. The molecule has 3 unspecified atom stereocenters. The van der Waals surface area contributed by atoms with Crippen LogP contribution in [0.3, 0.4) is 0 Å². The van der Waals surface area contributed by atoms with Crippen LogP contribution in [0.4, 0.5) is 0 Å². The van der Waals surface area contributed by atoms with Gasteiger partial charge in [0.2, 0.25) is 11.8 Å². The Morgan fingerprint density at radius 2 is 1.62 bits per heavy atom. The largest absolute Gasteiger partial charge is 0.480 e. The van der Waals surface area contributed by atoms with E-state index >= 15 is 0 Å². The lowest BCUT2D eigenvalue weighted by molar-refractivity contribution is -0.143. The minimum atomic E-state index is -1.05. The highest BCUT2D eigenvalue weighted by molar-refractivity contribution is 5.90. The quantitative estimate of drug-likeness (QED) is 0.602. The molecule has 0 fully saturated rings. The van der Waals surface area contributed by atoms with Gasteiger partial charge in [0.05, 0.1) is 0 Å². The first-order chi connectivity index (χ1) is 9.72. The van der Waals surface area contributed by atoms with Crippen molar-refractivity contribution >= 4 is 17.8 Å². The van der Waals surface area contributed by atoms with Crippen molar-refractivity contribution in [2.45, 2.75) is 66.0 Å². The maximum absolute atomic E-state index is 12.3. The van der Waals surface area contributed by atoms with Gasteiger partial charge in [-0.3, -0.25) is 9.59 Å². The number of nitrogens with one attached hydrogen (secondary N) is 2. The zero-order chi connectivity index (χ0) is 16.6. The van der Waals surface area contributed by atoms with Crippen molar-refractivity contribution in [2.24, 2.45) is 11.8 Å². The number of hydrogen-bond donors (Lipinski definition) is 3. The molecule has 0 aromatic carbocycles. The van der Waals surface area contributed by atoms with E-state index in [1.807, 2.05) is 27.7 Å². The Hall–Kier alpha value is -1.59.